The molecule has 0 nitrogen and oxygen atoms in total. The van der Waals surface area contributed by atoms with E-state index in [4.69, 9.17) is 0 Å². The van der Waals surface area contributed by atoms with Crippen LogP contribution >= 0.6 is 31.9 Å². The Balaban J connectivity index is 2.95. The van der Waals surface area contributed by atoms with E-state index in [0.29, 0.717) is 5.92 Å². The Labute approximate surface area is 103 Å². The molecule has 0 fully saturated rings. The van der Waals surface area contributed by atoms with Crippen molar-refractivity contribution in [3.63, 3.8) is 0 Å². The van der Waals surface area contributed by atoms with Crippen LogP contribution in [0.5, 0.6) is 0 Å². The fourth-order valence-electron chi connectivity index (χ4n) is 1.27. The number of halogens is 2. The highest BCUT2D eigenvalue weighted by atomic mass is 79.9. The van der Waals surface area contributed by atoms with Crippen LogP contribution in [-0.2, 0) is 6.42 Å². The smallest absolute Gasteiger partial charge is 0.0213 e. The monoisotopic (exact) mass is 316 g/mol. The molecular formula is C12H14Br2. The van der Waals surface area contributed by atoms with Gasteiger partial charge in [-0.05, 0) is 27.6 Å². The SMILES string of the molecule is C=C(Br)Cc1ccc(C(C)C)cc1Br. The van der Waals surface area contributed by atoms with Crippen molar-refractivity contribution in [2.75, 3.05) is 0 Å². The summed E-state index contributed by atoms with van der Waals surface area (Å²) in [4.78, 5) is 0. The van der Waals surface area contributed by atoms with E-state index in [2.05, 4.69) is 70.5 Å². The first-order chi connectivity index (χ1) is 6.50. The molecule has 0 spiro atoms. The van der Waals surface area contributed by atoms with Crippen molar-refractivity contribution in [2.24, 2.45) is 0 Å². The molecule has 2 heteroatoms. The molecular weight excluding hydrogens is 304 g/mol. The highest BCUT2D eigenvalue weighted by molar-refractivity contribution is 9.11. The maximum absolute atomic E-state index is 3.84. The van der Waals surface area contributed by atoms with Crippen LogP contribution in [0.1, 0.15) is 30.9 Å². The topological polar surface area (TPSA) is 0 Å². The van der Waals surface area contributed by atoms with Crippen LogP contribution in [0.2, 0.25) is 0 Å². The molecule has 0 radical (unpaired) electrons. The second kappa shape index (κ2) is 5.13. The minimum atomic E-state index is 0.576. The lowest BCUT2D eigenvalue weighted by molar-refractivity contribution is 0.864. The summed E-state index contributed by atoms with van der Waals surface area (Å²) >= 11 is 6.96. The van der Waals surface area contributed by atoms with E-state index < -0.39 is 0 Å². The van der Waals surface area contributed by atoms with Gasteiger partial charge in [-0.15, -0.1) is 0 Å². The minimum absolute atomic E-state index is 0.576. The van der Waals surface area contributed by atoms with Crippen molar-refractivity contribution in [3.05, 3.63) is 44.9 Å². The predicted octanol–water partition coefficient (Wildman–Crippen LogP) is 5.02. The van der Waals surface area contributed by atoms with Crippen LogP contribution in [-0.4, -0.2) is 0 Å². The summed E-state index contributed by atoms with van der Waals surface area (Å²) in [6.45, 7) is 8.24. The van der Waals surface area contributed by atoms with Crippen LogP contribution in [0.15, 0.2) is 33.7 Å². The molecule has 0 aliphatic rings. The van der Waals surface area contributed by atoms with Gasteiger partial charge in [0.15, 0.2) is 0 Å². The second-order valence-corrected chi connectivity index (χ2v) is 5.68. The molecule has 0 bridgehead atoms. The Bertz CT molecular complexity index is 340. The van der Waals surface area contributed by atoms with E-state index in [9.17, 15) is 0 Å². The van der Waals surface area contributed by atoms with Gasteiger partial charge in [0.25, 0.3) is 0 Å². The van der Waals surface area contributed by atoms with Gasteiger partial charge < -0.3 is 0 Å². The number of rotatable bonds is 3. The molecule has 0 atom stereocenters. The summed E-state index contributed by atoms with van der Waals surface area (Å²) < 4.78 is 2.18. The summed E-state index contributed by atoms with van der Waals surface area (Å²) in [5, 5.41) is 0. The third-order valence-corrected chi connectivity index (χ3v) is 3.14. The number of hydrogen-bond acceptors (Lipinski definition) is 0. The Hall–Kier alpha value is -0.0800. The summed E-state index contributed by atoms with van der Waals surface area (Å²) in [5.41, 5.74) is 2.64. The Morgan fingerprint density at radius 2 is 2.07 bits per heavy atom. The molecule has 0 N–H and O–H groups in total. The van der Waals surface area contributed by atoms with Crippen molar-refractivity contribution in [2.45, 2.75) is 26.2 Å². The molecule has 0 aliphatic heterocycles. The van der Waals surface area contributed by atoms with Crippen molar-refractivity contribution in [3.8, 4) is 0 Å². The summed E-state index contributed by atoms with van der Waals surface area (Å²) in [6.07, 6.45) is 0.874. The minimum Gasteiger partial charge on any atom is -0.0885 e. The molecule has 0 saturated carbocycles. The quantitative estimate of drug-likeness (QED) is 0.734. The van der Waals surface area contributed by atoms with Gasteiger partial charge in [0, 0.05) is 10.9 Å². The van der Waals surface area contributed by atoms with Crippen molar-refractivity contribution in [1.82, 2.24) is 0 Å². The lowest BCUT2D eigenvalue weighted by atomic mass is 10.0. The molecule has 1 aromatic rings. The normalized spacial score (nSPS) is 10.6. The van der Waals surface area contributed by atoms with Gasteiger partial charge in [0.2, 0.25) is 0 Å². The number of allylic oxidation sites excluding steroid dienone is 1. The molecule has 0 unspecified atom stereocenters. The maximum atomic E-state index is 3.84. The third kappa shape index (κ3) is 3.25. The Morgan fingerprint density at radius 1 is 1.43 bits per heavy atom. The molecule has 0 saturated heterocycles. The first-order valence-electron chi connectivity index (χ1n) is 4.62. The lowest BCUT2D eigenvalue weighted by Crippen LogP contribution is -1.91. The molecule has 0 aliphatic carbocycles. The standard InChI is InChI=1S/C12H14Br2/c1-8(2)10-4-5-11(6-9(3)13)12(14)7-10/h4-5,7-8H,3,6H2,1-2H3. The van der Waals surface area contributed by atoms with Crippen LogP contribution < -0.4 is 0 Å². The zero-order chi connectivity index (χ0) is 10.7. The molecule has 1 aromatic carbocycles. The van der Waals surface area contributed by atoms with Crippen LogP contribution in [0, 0.1) is 0 Å². The molecule has 1 rings (SSSR count). The highest BCUT2D eigenvalue weighted by Crippen LogP contribution is 2.25. The predicted molar refractivity (Wildman–Crippen MR) is 70.0 cm³/mol. The Morgan fingerprint density at radius 3 is 2.50 bits per heavy atom. The van der Waals surface area contributed by atoms with Gasteiger partial charge in [0.1, 0.15) is 0 Å². The molecule has 14 heavy (non-hydrogen) atoms. The van der Waals surface area contributed by atoms with Crippen LogP contribution in [0.25, 0.3) is 0 Å². The maximum Gasteiger partial charge on any atom is 0.0213 e. The summed E-state index contributed by atoms with van der Waals surface area (Å²) in [7, 11) is 0. The first-order valence-corrected chi connectivity index (χ1v) is 6.21. The van der Waals surface area contributed by atoms with E-state index >= 15 is 0 Å². The first kappa shape index (κ1) is 12.0. The van der Waals surface area contributed by atoms with Crippen LogP contribution in [0.4, 0.5) is 0 Å². The lowest BCUT2D eigenvalue weighted by Gasteiger charge is -2.09. The van der Waals surface area contributed by atoms with E-state index in [-0.39, 0.29) is 0 Å². The number of hydrogen-bond donors (Lipinski definition) is 0. The molecule has 0 aromatic heterocycles. The van der Waals surface area contributed by atoms with E-state index in [1.165, 1.54) is 15.6 Å². The van der Waals surface area contributed by atoms with E-state index in [0.717, 1.165) is 10.9 Å². The fraction of sp³-hybridized carbons (Fsp3) is 0.333. The van der Waals surface area contributed by atoms with Gasteiger partial charge in [-0.3, -0.25) is 0 Å². The second-order valence-electron chi connectivity index (χ2n) is 3.70. The summed E-state index contributed by atoms with van der Waals surface area (Å²) in [6, 6.07) is 6.53. The van der Waals surface area contributed by atoms with E-state index in [1.54, 1.807) is 0 Å². The fourth-order valence-corrected chi connectivity index (χ4v) is 2.11. The van der Waals surface area contributed by atoms with Crippen molar-refractivity contribution >= 4 is 31.9 Å². The van der Waals surface area contributed by atoms with Gasteiger partial charge in [-0.2, -0.15) is 0 Å². The Kier molecular flexibility index (Phi) is 4.39. The van der Waals surface area contributed by atoms with Gasteiger partial charge in [0.05, 0.1) is 0 Å². The van der Waals surface area contributed by atoms with Crippen molar-refractivity contribution in [1.29, 1.82) is 0 Å². The van der Waals surface area contributed by atoms with E-state index in [1.807, 2.05) is 0 Å². The largest absolute Gasteiger partial charge is 0.0885 e. The van der Waals surface area contributed by atoms with Crippen LogP contribution in [0.3, 0.4) is 0 Å². The zero-order valence-electron chi connectivity index (χ0n) is 8.48. The molecule has 76 valence electrons. The summed E-state index contributed by atoms with van der Waals surface area (Å²) in [5.74, 6) is 0.576. The molecule has 0 amide bonds. The van der Waals surface area contributed by atoms with Gasteiger partial charge in [-0.1, -0.05) is 64.4 Å². The zero-order valence-corrected chi connectivity index (χ0v) is 11.7. The van der Waals surface area contributed by atoms with Gasteiger partial charge >= 0.3 is 0 Å². The van der Waals surface area contributed by atoms with Crippen molar-refractivity contribution < 1.29 is 0 Å². The third-order valence-electron chi connectivity index (χ3n) is 2.13. The average Bonchev–Trinajstić information content (AvgIpc) is 2.07. The highest BCUT2D eigenvalue weighted by Gasteiger charge is 2.04. The average molecular weight is 318 g/mol. The number of benzene rings is 1. The molecule has 0 heterocycles. The van der Waals surface area contributed by atoms with Gasteiger partial charge in [-0.25, -0.2) is 0 Å².